The lowest BCUT2D eigenvalue weighted by Crippen LogP contribution is -2.25. The number of ether oxygens (including phenoxy) is 1. The molecular formula is C17H15N5O. The van der Waals surface area contributed by atoms with Gasteiger partial charge in [0.15, 0.2) is 0 Å². The zero-order chi connectivity index (χ0) is 16.2. The third-order valence-corrected chi connectivity index (χ3v) is 3.81. The smallest absolute Gasteiger partial charge is 0.213 e. The summed E-state index contributed by atoms with van der Waals surface area (Å²) < 4.78 is 5.85. The number of anilines is 1. The van der Waals surface area contributed by atoms with Gasteiger partial charge < -0.3 is 9.64 Å². The number of hydrogen-bond donors (Lipinski definition) is 0. The first-order valence-corrected chi connectivity index (χ1v) is 7.35. The molecule has 0 saturated carbocycles. The fourth-order valence-electron chi connectivity index (χ4n) is 2.53. The molecule has 0 N–H and O–H groups in total. The van der Waals surface area contributed by atoms with Gasteiger partial charge in [-0.2, -0.15) is 10.5 Å². The second-order valence-electron chi connectivity index (χ2n) is 5.42. The zero-order valence-corrected chi connectivity index (χ0v) is 12.7. The van der Waals surface area contributed by atoms with Gasteiger partial charge in [-0.1, -0.05) is 6.07 Å². The first-order valence-electron chi connectivity index (χ1n) is 7.35. The highest BCUT2D eigenvalue weighted by Crippen LogP contribution is 2.22. The van der Waals surface area contributed by atoms with Crippen LogP contribution in [0.3, 0.4) is 0 Å². The van der Waals surface area contributed by atoms with E-state index in [1.165, 1.54) is 6.20 Å². The molecule has 1 unspecified atom stereocenters. The normalized spacial score (nSPS) is 16.7. The Bertz CT molecular complexity index is 788. The van der Waals surface area contributed by atoms with Crippen LogP contribution in [-0.2, 0) is 0 Å². The summed E-state index contributed by atoms with van der Waals surface area (Å²) in [6.45, 7) is 3.40. The molecule has 6 heteroatoms. The van der Waals surface area contributed by atoms with E-state index in [1.54, 1.807) is 12.1 Å². The molecule has 0 bridgehead atoms. The van der Waals surface area contributed by atoms with Crippen molar-refractivity contribution in [2.24, 2.45) is 0 Å². The Morgan fingerprint density at radius 1 is 1.22 bits per heavy atom. The minimum absolute atomic E-state index is 0.0177. The lowest BCUT2D eigenvalue weighted by Gasteiger charge is -2.18. The van der Waals surface area contributed by atoms with Crippen LogP contribution in [0.1, 0.15) is 23.2 Å². The highest BCUT2D eigenvalue weighted by Gasteiger charge is 2.25. The van der Waals surface area contributed by atoms with Crippen molar-refractivity contribution in [3.05, 3.63) is 47.3 Å². The van der Waals surface area contributed by atoms with Gasteiger partial charge in [0, 0.05) is 25.2 Å². The summed E-state index contributed by atoms with van der Waals surface area (Å²) in [6.07, 6.45) is 2.38. The summed E-state index contributed by atoms with van der Waals surface area (Å²) in [5.41, 5.74) is 1.85. The molecule has 3 heterocycles. The van der Waals surface area contributed by atoms with Gasteiger partial charge in [-0.05, 0) is 24.6 Å². The van der Waals surface area contributed by atoms with Crippen LogP contribution >= 0.6 is 0 Å². The molecule has 3 rings (SSSR count). The summed E-state index contributed by atoms with van der Waals surface area (Å²) in [5, 5.41) is 17.9. The molecule has 6 nitrogen and oxygen atoms in total. The molecule has 0 aliphatic carbocycles. The van der Waals surface area contributed by atoms with Crippen LogP contribution in [-0.4, -0.2) is 29.2 Å². The summed E-state index contributed by atoms with van der Waals surface area (Å²) in [5.74, 6) is 1.32. The maximum atomic E-state index is 9.09. The minimum atomic E-state index is 0.0177. The molecule has 2 aromatic rings. The SMILES string of the molecule is Cc1ccc(N2CCC(Oc3ccc(C#N)cn3)C2)nc1C#N. The van der Waals surface area contributed by atoms with Gasteiger partial charge in [-0.3, -0.25) is 0 Å². The number of hydrogen-bond acceptors (Lipinski definition) is 6. The second kappa shape index (κ2) is 6.33. The molecular weight excluding hydrogens is 290 g/mol. The van der Waals surface area contributed by atoms with E-state index >= 15 is 0 Å². The Labute approximate surface area is 134 Å². The molecule has 114 valence electrons. The van der Waals surface area contributed by atoms with Gasteiger partial charge in [-0.25, -0.2) is 9.97 Å². The van der Waals surface area contributed by atoms with Gasteiger partial charge in [0.25, 0.3) is 0 Å². The Hall–Kier alpha value is -3.12. The highest BCUT2D eigenvalue weighted by molar-refractivity contribution is 5.45. The lowest BCUT2D eigenvalue weighted by atomic mass is 10.2. The molecule has 1 atom stereocenters. The van der Waals surface area contributed by atoms with E-state index in [4.69, 9.17) is 15.3 Å². The Kier molecular flexibility index (Phi) is 4.07. The Morgan fingerprint density at radius 2 is 2.09 bits per heavy atom. The molecule has 1 saturated heterocycles. The number of rotatable bonds is 3. The minimum Gasteiger partial charge on any atom is -0.472 e. The van der Waals surface area contributed by atoms with Crippen molar-refractivity contribution in [3.63, 3.8) is 0 Å². The van der Waals surface area contributed by atoms with E-state index in [-0.39, 0.29) is 6.10 Å². The average Bonchev–Trinajstić information content (AvgIpc) is 3.04. The molecule has 0 spiro atoms. The van der Waals surface area contributed by atoms with E-state index < -0.39 is 0 Å². The first-order chi connectivity index (χ1) is 11.2. The molecule has 0 aromatic carbocycles. The van der Waals surface area contributed by atoms with Crippen molar-refractivity contribution in [2.45, 2.75) is 19.4 Å². The van der Waals surface area contributed by atoms with Crippen molar-refractivity contribution in [1.29, 1.82) is 10.5 Å². The van der Waals surface area contributed by atoms with E-state index in [1.807, 2.05) is 25.1 Å². The highest BCUT2D eigenvalue weighted by atomic mass is 16.5. The summed E-state index contributed by atoms with van der Waals surface area (Å²) in [4.78, 5) is 10.6. The van der Waals surface area contributed by atoms with Crippen LogP contribution in [0.2, 0.25) is 0 Å². The largest absolute Gasteiger partial charge is 0.472 e. The van der Waals surface area contributed by atoms with Gasteiger partial charge in [0.1, 0.15) is 29.8 Å². The molecule has 1 aliphatic rings. The molecule has 1 aliphatic heterocycles. The third kappa shape index (κ3) is 3.22. The number of pyridine rings is 2. The van der Waals surface area contributed by atoms with Crippen molar-refractivity contribution in [3.8, 4) is 18.0 Å². The van der Waals surface area contributed by atoms with Crippen LogP contribution in [0, 0.1) is 29.6 Å². The fourth-order valence-corrected chi connectivity index (χ4v) is 2.53. The van der Waals surface area contributed by atoms with E-state index in [9.17, 15) is 0 Å². The van der Waals surface area contributed by atoms with Crippen LogP contribution in [0.15, 0.2) is 30.5 Å². The summed E-state index contributed by atoms with van der Waals surface area (Å²) in [7, 11) is 0. The van der Waals surface area contributed by atoms with Crippen molar-refractivity contribution < 1.29 is 4.74 Å². The van der Waals surface area contributed by atoms with Gasteiger partial charge in [0.05, 0.1) is 12.1 Å². The maximum absolute atomic E-state index is 9.09. The zero-order valence-electron chi connectivity index (χ0n) is 12.7. The van der Waals surface area contributed by atoms with Crippen LogP contribution in [0.4, 0.5) is 5.82 Å². The topological polar surface area (TPSA) is 85.8 Å². The predicted octanol–water partition coefficient (Wildman–Crippen LogP) is 2.19. The van der Waals surface area contributed by atoms with Crippen LogP contribution in [0.25, 0.3) is 0 Å². The average molecular weight is 305 g/mol. The van der Waals surface area contributed by atoms with Crippen LogP contribution in [0.5, 0.6) is 5.88 Å². The van der Waals surface area contributed by atoms with Crippen LogP contribution < -0.4 is 9.64 Å². The first kappa shape index (κ1) is 14.8. The number of aryl methyl sites for hydroxylation is 1. The maximum Gasteiger partial charge on any atom is 0.213 e. The standard InChI is InChI=1S/C17H15N5O/c1-12-2-4-16(21-15(12)9-19)22-7-6-14(11-22)23-17-5-3-13(8-18)10-20-17/h2-5,10,14H,6-7,11H2,1H3. The number of aromatic nitrogens is 2. The molecule has 0 amide bonds. The summed E-state index contributed by atoms with van der Waals surface area (Å²) >= 11 is 0. The van der Waals surface area contributed by atoms with E-state index in [0.717, 1.165) is 24.3 Å². The number of nitrogens with zero attached hydrogens (tertiary/aromatic N) is 5. The Morgan fingerprint density at radius 3 is 2.78 bits per heavy atom. The molecule has 0 radical (unpaired) electrons. The molecule has 1 fully saturated rings. The molecule has 23 heavy (non-hydrogen) atoms. The predicted molar refractivity (Wildman–Crippen MR) is 83.9 cm³/mol. The lowest BCUT2D eigenvalue weighted by molar-refractivity contribution is 0.216. The second-order valence-corrected chi connectivity index (χ2v) is 5.42. The van der Waals surface area contributed by atoms with E-state index in [0.29, 0.717) is 23.7 Å². The third-order valence-electron chi connectivity index (χ3n) is 3.81. The van der Waals surface area contributed by atoms with Gasteiger partial charge in [-0.15, -0.1) is 0 Å². The van der Waals surface area contributed by atoms with Crippen molar-refractivity contribution in [1.82, 2.24) is 9.97 Å². The number of nitriles is 2. The molecule has 2 aromatic heterocycles. The van der Waals surface area contributed by atoms with Gasteiger partial charge in [0.2, 0.25) is 5.88 Å². The Balaban J connectivity index is 1.66. The van der Waals surface area contributed by atoms with Gasteiger partial charge >= 0.3 is 0 Å². The monoisotopic (exact) mass is 305 g/mol. The van der Waals surface area contributed by atoms with Crippen molar-refractivity contribution >= 4 is 5.82 Å². The quantitative estimate of drug-likeness (QED) is 0.864. The fraction of sp³-hybridized carbons (Fsp3) is 0.294. The van der Waals surface area contributed by atoms with Crippen molar-refractivity contribution in [2.75, 3.05) is 18.0 Å². The summed E-state index contributed by atoms with van der Waals surface area (Å²) in [6, 6.07) is 11.4. The van der Waals surface area contributed by atoms with E-state index in [2.05, 4.69) is 20.9 Å².